The van der Waals surface area contributed by atoms with Crippen molar-refractivity contribution in [3.05, 3.63) is 270 Å². The van der Waals surface area contributed by atoms with Crippen molar-refractivity contribution in [2.24, 2.45) is 5.92 Å². The van der Waals surface area contributed by atoms with Crippen molar-refractivity contribution in [3.8, 4) is 55.6 Å². The van der Waals surface area contributed by atoms with Crippen molar-refractivity contribution < 1.29 is 23.7 Å². The van der Waals surface area contributed by atoms with Crippen LogP contribution in [0.3, 0.4) is 0 Å². The van der Waals surface area contributed by atoms with Gasteiger partial charge in [0.15, 0.2) is 0 Å². The van der Waals surface area contributed by atoms with E-state index in [0.29, 0.717) is 29.1 Å². The molecule has 2 unspecified atom stereocenters. The summed E-state index contributed by atoms with van der Waals surface area (Å²) in [6.45, 7) is 13.8. The maximum Gasteiger partial charge on any atom is 0.419 e. The zero-order valence-corrected chi connectivity index (χ0v) is 65.2. The molecule has 16 nitrogen and oxygen atoms in total. The Hall–Kier alpha value is -9.69. The molecule has 2 atom stereocenters. The normalized spacial score (nSPS) is 16.1. The average molecular weight is 1560 g/mol. The first-order valence-corrected chi connectivity index (χ1v) is 39.2. The number of rotatable bonds is 10. The Kier molecular flexibility index (Phi) is 23.9. The predicted octanol–water partition coefficient (Wildman–Crippen LogP) is 22.8. The van der Waals surface area contributed by atoms with E-state index in [4.69, 9.17) is 77.0 Å². The van der Waals surface area contributed by atoms with Gasteiger partial charge in [-0.1, -0.05) is 119 Å². The smallest absolute Gasteiger partial charge is 0.419 e. The second kappa shape index (κ2) is 34.7. The third-order valence-electron chi connectivity index (χ3n) is 20.6. The molecule has 0 aliphatic carbocycles. The van der Waals surface area contributed by atoms with Gasteiger partial charge < -0.3 is 42.5 Å². The monoisotopic (exact) mass is 1560 g/mol. The highest BCUT2D eigenvalue weighted by atomic mass is 35.5. The fraction of sp³-hybridized carbons (Fsp3) is 0.258. The van der Waals surface area contributed by atoms with E-state index in [-0.39, 0.29) is 0 Å². The molecule has 0 radical (unpaired) electrons. The fourth-order valence-electron chi connectivity index (χ4n) is 15.1. The first-order chi connectivity index (χ1) is 53.6. The standard InChI is InChI=1S/C18H18ClN3.C18H17ClN2O2.2C18H17ClN2O.C17H15ClN2O/c19-14-3-1-13(2-4-14)17-12-22(15-5-8-20-9-6-15)18-7-10-21-11-16(17)18;1-18(2,3)23-17(22)21-11-15(12-4-6-13(19)7-5-12)14-10-20-9-8-16(14)21;19-14-3-1-13(2-4-14)17-12-21(15-6-9-22-10-7-15)18-5-8-20-11-16(17)18;19-15-3-1-14(2-4-15)17-11-21(10-13-6-8-22-12-13)18-5-7-20-9-16(17)18;18-13-3-1-12(2-4-13)16-10-20(14-6-8-21-11-14)17-5-7-19-9-15(16)17/h1-4,7,10-12,15,20H,5-6,8-9H2;4-11H,1-3H3;1-5,8,11-12,15H,6-7,9-10H2;1-5,7,9,11,13H,6,8,10,12H2;1-5,7,9-10,14H,6,8,11H2. The molecule has 19 rings (SSSR count). The number of halogens is 5. The number of hydrogen-bond acceptors (Lipinski definition) is 11. The zero-order valence-electron chi connectivity index (χ0n) is 61.4. The second-order valence-electron chi connectivity index (χ2n) is 29.0. The number of carbonyl (C=O) groups is 1. The molecular formula is C89H84Cl5N11O5. The van der Waals surface area contributed by atoms with Gasteiger partial charge in [0, 0.05) is 224 Å². The van der Waals surface area contributed by atoms with Crippen molar-refractivity contribution in [1.82, 2.24) is 53.1 Å². The Morgan fingerprint density at radius 3 is 1.11 bits per heavy atom. The molecule has 14 heterocycles. The lowest BCUT2D eigenvalue weighted by molar-refractivity contribution is 0.0544. The van der Waals surface area contributed by atoms with Gasteiger partial charge in [-0.05, 0) is 191 Å². The minimum atomic E-state index is -0.554. The van der Waals surface area contributed by atoms with Gasteiger partial charge in [-0.2, -0.15) is 0 Å². The highest BCUT2D eigenvalue weighted by Gasteiger charge is 2.26. The molecular weight excluding hydrogens is 1480 g/mol. The number of piperidine rings is 1. The van der Waals surface area contributed by atoms with Crippen LogP contribution in [0, 0.1) is 5.92 Å². The molecule has 4 aliphatic heterocycles. The fourth-order valence-corrected chi connectivity index (χ4v) is 15.7. The molecule has 4 saturated heterocycles. The van der Waals surface area contributed by atoms with Crippen LogP contribution >= 0.6 is 58.0 Å². The lowest BCUT2D eigenvalue weighted by Crippen LogP contribution is -2.29. The summed E-state index contributed by atoms with van der Waals surface area (Å²) < 4.78 is 33.0. The molecule has 4 fully saturated rings. The minimum absolute atomic E-state index is 0.408. The molecule has 560 valence electrons. The van der Waals surface area contributed by atoms with Crippen LogP contribution < -0.4 is 5.32 Å². The molecule has 15 aromatic rings. The van der Waals surface area contributed by atoms with Crippen LogP contribution in [-0.4, -0.2) is 112 Å². The highest BCUT2D eigenvalue weighted by Crippen LogP contribution is 2.40. The highest BCUT2D eigenvalue weighted by molar-refractivity contribution is 6.32. The molecule has 21 heteroatoms. The van der Waals surface area contributed by atoms with Crippen LogP contribution in [0.15, 0.2) is 245 Å². The number of nitrogens with zero attached hydrogens (tertiary/aromatic N) is 10. The van der Waals surface area contributed by atoms with Gasteiger partial charge in [-0.15, -0.1) is 0 Å². The van der Waals surface area contributed by atoms with E-state index in [2.05, 4.69) is 146 Å². The molecule has 4 aliphatic rings. The molecule has 0 bridgehead atoms. The van der Waals surface area contributed by atoms with Gasteiger partial charge in [0.2, 0.25) is 0 Å². The SMILES string of the molecule is CC(C)(C)OC(=O)n1cc(-c2ccc(Cl)cc2)c2cnccc21.Clc1ccc(-c2cn(C3CCNCC3)c3ccncc23)cc1.Clc1ccc(-c2cn(C3CCOC3)c3ccncc23)cc1.Clc1ccc(-c2cn(C3CCOCC3)c3ccncc23)cc1.Clc1ccc(-c2cn(CC3CCOC3)c3ccncc23)cc1. The Bertz CT molecular complexity index is 5480. The summed E-state index contributed by atoms with van der Waals surface area (Å²) in [7, 11) is 0. The van der Waals surface area contributed by atoms with Gasteiger partial charge in [0.05, 0.1) is 46.8 Å². The second-order valence-corrected chi connectivity index (χ2v) is 31.2. The van der Waals surface area contributed by atoms with Crippen molar-refractivity contribution in [2.75, 3.05) is 52.7 Å². The Morgan fingerprint density at radius 1 is 0.391 bits per heavy atom. The number of pyridine rings is 5. The number of carbonyl (C=O) groups excluding carboxylic acids is 1. The van der Waals surface area contributed by atoms with Crippen LogP contribution in [0.2, 0.25) is 25.1 Å². The van der Waals surface area contributed by atoms with Crippen LogP contribution in [0.25, 0.3) is 110 Å². The molecule has 0 saturated carbocycles. The van der Waals surface area contributed by atoms with Crippen LogP contribution in [-0.2, 0) is 25.5 Å². The van der Waals surface area contributed by atoms with E-state index >= 15 is 0 Å². The lowest BCUT2D eigenvalue weighted by atomic mass is 10.1. The summed E-state index contributed by atoms with van der Waals surface area (Å²) in [6, 6.07) is 51.2. The molecule has 0 spiro atoms. The summed E-state index contributed by atoms with van der Waals surface area (Å²) in [6.07, 6.45) is 35.7. The van der Waals surface area contributed by atoms with E-state index in [9.17, 15) is 4.79 Å². The van der Waals surface area contributed by atoms with Gasteiger partial charge in [-0.25, -0.2) is 4.79 Å². The van der Waals surface area contributed by atoms with Gasteiger partial charge in [0.25, 0.3) is 0 Å². The number of fused-ring (bicyclic) bond motifs is 5. The average Bonchev–Trinajstić information content (AvgIpc) is 1.65. The third-order valence-corrected chi connectivity index (χ3v) is 21.9. The van der Waals surface area contributed by atoms with Crippen molar-refractivity contribution in [2.45, 2.75) is 89.6 Å². The summed E-state index contributed by atoms with van der Waals surface area (Å²) in [5.74, 6) is 0.599. The number of ether oxygens (including phenoxy) is 4. The van der Waals surface area contributed by atoms with Gasteiger partial charge >= 0.3 is 6.09 Å². The van der Waals surface area contributed by atoms with E-state index in [0.717, 1.165) is 133 Å². The molecule has 1 N–H and O–H groups in total. The minimum Gasteiger partial charge on any atom is -0.443 e. The number of aromatic nitrogens is 10. The van der Waals surface area contributed by atoms with Crippen LogP contribution in [0.1, 0.15) is 77.4 Å². The molecule has 0 amide bonds. The van der Waals surface area contributed by atoms with Crippen LogP contribution in [0.4, 0.5) is 4.79 Å². The largest absolute Gasteiger partial charge is 0.443 e. The topological polar surface area (TPSA) is 155 Å². The Balaban J connectivity index is 0.000000109. The number of nitrogens with one attached hydrogen (secondary N) is 1. The third kappa shape index (κ3) is 17.6. The summed E-state index contributed by atoms with van der Waals surface area (Å²) >= 11 is 30.0. The summed E-state index contributed by atoms with van der Waals surface area (Å²) in [4.78, 5) is 33.9. The van der Waals surface area contributed by atoms with E-state index in [1.165, 1.54) is 100.0 Å². The lowest BCUT2D eigenvalue weighted by Gasteiger charge is -2.25. The van der Waals surface area contributed by atoms with Gasteiger partial charge in [-0.3, -0.25) is 29.5 Å². The van der Waals surface area contributed by atoms with Crippen molar-refractivity contribution >= 4 is 119 Å². The molecule has 110 heavy (non-hydrogen) atoms. The maximum absolute atomic E-state index is 12.5. The van der Waals surface area contributed by atoms with Crippen molar-refractivity contribution in [1.29, 1.82) is 0 Å². The first kappa shape index (κ1) is 75.7. The maximum atomic E-state index is 12.5. The van der Waals surface area contributed by atoms with E-state index in [1.807, 2.05) is 143 Å². The van der Waals surface area contributed by atoms with Gasteiger partial charge in [0.1, 0.15) is 5.60 Å². The number of benzene rings is 5. The summed E-state index contributed by atoms with van der Waals surface area (Å²) in [5.41, 5.74) is 16.6. The quantitative estimate of drug-likeness (QED) is 0.139. The zero-order chi connectivity index (χ0) is 75.7. The van der Waals surface area contributed by atoms with Crippen molar-refractivity contribution in [3.63, 3.8) is 0 Å². The Morgan fingerprint density at radius 2 is 0.718 bits per heavy atom. The first-order valence-electron chi connectivity index (χ1n) is 37.3. The van der Waals surface area contributed by atoms with E-state index < -0.39 is 11.7 Å². The molecule has 10 aromatic heterocycles. The number of hydrogen-bond donors (Lipinski definition) is 1. The summed E-state index contributed by atoms with van der Waals surface area (Å²) in [5, 5.41) is 12.8. The predicted molar refractivity (Wildman–Crippen MR) is 446 cm³/mol. The van der Waals surface area contributed by atoms with Crippen LogP contribution in [0.5, 0.6) is 0 Å². The molecule has 5 aromatic carbocycles. The van der Waals surface area contributed by atoms with E-state index in [1.54, 1.807) is 24.7 Å². The Labute approximate surface area is 664 Å².